The zero-order valence-corrected chi connectivity index (χ0v) is 13.6. The highest BCUT2D eigenvalue weighted by Gasteiger charge is 2.51. The lowest BCUT2D eigenvalue weighted by molar-refractivity contribution is -0.124. The summed E-state index contributed by atoms with van der Waals surface area (Å²) in [5, 5.41) is 2.79. The second-order valence-electron chi connectivity index (χ2n) is 8.02. The minimum absolute atomic E-state index is 0.0198. The number of rotatable bonds is 5. The van der Waals surface area contributed by atoms with E-state index in [1.54, 1.807) is 18.2 Å². The lowest BCUT2D eigenvalue weighted by atomic mass is 9.49. The van der Waals surface area contributed by atoms with E-state index in [-0.39, 0.29) is 17.1 Å². The molecule has 1 aromatic rings. The van der Waals surface area contributed by atoms with Gasteiger partial charge >= 0.3 is 6.61 Å². The van der Waals surface area contributed by atoms with E-state index in [4.69, 9.17) is 0 Å². The lowest BCUT2D eigenvalue weighted by Crippen LogP contribution is -2.47. The van der Waals surface area contributed by atoms with Crippen molar-refractivity contribution in [2.24, 2.45) is 23.2 Å². The van der Waals surface area contributed by atoms with E-state index in [0.717, 1.165) is 37.0 Å². The van der Waals surface area contributed by atoms with Crippen LogP contribution in [0.1, 0.15) is 44.9 Å². The Morgan fingerprint density at radius 1 is 1.12 bits per heavy atom. The van der Waals surface area contributed by atoms with Crippen LogP contribution in [0.15, 0.2) is 24.3 Å². The topological polar surface area (TPSA) is 38.3 Å². The Hall–Kier alpha value is -1.65. The second kappa shape index (κ2) is 6.01. The van der Waals surface area contributed by atoms with Crippen LogP contribution >= 0.6 is 0 Å². The molecule has 0 saturated heterocycles. The number of para-hydroxylation sites is 2. The minimum Gasteiger partial charge on any atom is -0.433 e. The zero-order valence-electron chi connectivity index (χ0n) is 13.6. The normalized spacial score (nSPS) is 33.7. The molecule has 5 heteroatoms. The fourth-order valence-electron chi connectivity index (χ4n) is 5.81. The van der Waals surface area contributed by atoms with Crippen LogP contribution < -0.4 is 10.1 Å². The summed E-state index contributed by atoms with van der Waals surface area (Å²) in [5.41, 5.74) is 0.463. The van der Waals surface area contributed by atoms with E-state index in [0.29, 0.717) is 12.1 Å². The molecule has 3 nitrogen and oxygen atoms in total. The Kier molecular flexibility index (Phi) is 3.97. The van der Waals surface area contributed by atoms with Crippen LogP contribution in [0.2, 0.25) is 0 Å². The van der Waals surface area contributed by atoms with Crippen molar-refractivity contribution in [2.75, 3.05) is 5.32 Å². The van der Waals surface area contributed by atoms with Gasteiger partial charge in [0.15, 0.2) is 0 Å². The summed E-state index contributed by atoms with van der Waals surface area (Å²) in [7, 11) is 0. The van der Waals surface area contributed by atoms with Crippen molar-refractivity contribution in [2.45, 2.75) is 51.6 Å². The Morgan fingerprint density at radius 3 is 2.29 bits per heavy atom. The van der Waals surface area contributed by atoms with Gasteiger partial charge in [-0.25, -0.2) is 0 Å². The van der Waals surface area contributed by atoms with Crippen molar-refractivity contribution in [1.29, 1.82) is 0 Å². The van der Waals surface area contributed by atoms with E-state index < -0.39 is 6.61 Å². The maximum absolute atomic E-state index is 12.6. The number of carbonyl (C=O) groups is 1. The SMILES string of the molecule is O=C(CC12CC3CC(CC(C3)C1)C2)Nc1ccccc1OC(F)F. The molecule has 0 aliphatic heterocycles. The van der Waals surface area contributed by atoms with E-state index in [1.807, 2.05) is 0 Å². The highest BCUT2D eigenvalue weighted by molar-refractivity contribution is 5.92. The van der Waals surface area contributed by atoms with Gasteiger partial charge in [0, 0.05) is 6.42 Å². The Morgan fingerprint density at radius 2 is 1.71 bits per heavy atom. The fourth-order valence-corrected chi connectivity index (χ4v) is 5.81. The number of alkyl halides is 2. The van der Waals surface area contributed by atoms with Crippen LogP contribution in [0.3, 0.4) is 0 Å². The number of amides is 1. The van der Waals surface area contributed by atoms with Crippen LogP contribution in [0.25, 0.3) is 0 Å². The third-order valence-corrected chi connectivity index (χ3v) is 6.08. The van der Waals surface area contributed by atoms with Gasteiger partial charge in [0.1, 0.15) is 5.75 Å². The molecular formula is C19H23F2NO2. The number of anilines is 1. The van der Waals surface area contributed by atoms with Gasteiger partial charge in [-0.15, -0.1) is 0 Å². The van der Waals surface area contributed by atoms with E-state index in [9.17, 15) is 13.6 Å². The maximum atomic E-state index is 12.6. The molecule has 0 radical (unpaired) electrons. The van der Waals surface area contributed by atoms with Crippen molar-refractivity contribution < 1.29 is 18.3 Å². The molecule has 0 aromatic heterocycles. The standard InChI is InChI=1S/C19H23F2NO2/c20-18(21)24-16-4-2-1-3-15(16)22-17(23)11-19-8-12-5-13(9-19)7-14(6-12)10-19/h1-4,12-14,18H,5-11H2,(H,22,23). The molecule has 4 aliphatic rings. The number of carbonyl (C=O) groups excluding carboxylic acids is 1. The van der Waals surface area contributed by atoms with E-state index in [1.165, 1.54) is 25.3 Å². The largest absolute Gasteiger partial charge is 0.433 e. The Balaban J connectivity index is 1.44. The second-order valence-corrected chi connectivity index (χ2v) is 8.02. The summed E-state index contributed by atoms with van der Waals surface area (Å²) < 4.78 is 29.5. The minimum atomic E-state index is -2.90. The number of hydrogen-bond acceptors (Lipinski definition) is 2. The molecule has 130 valence electrons. The summed E-state index contributed by atoms with van der Waals surface area (Å²) in [6, 6.07) is 6.38. The van der Waals surface area contributed by atoms with Gasteiger partial charge in [-0.1, -0.05) is 12.1 Å². The number of hydrogen-bond donors (Lipinski definition) is 1. The van der Waals surface area contributed by atoms with Crippen LogP contribution in [0.5, 0.6) is 5.75 Å². The van der Waals surface area contributed by atoms with Gasteiger partial charge in [0.05, 0.1) is 5.69 Å². The van der Waals surface area contributed by atoms with Crippen LogP contribution in [0.4, 0.5) is 14.5 Å². The van der Waals surface area contributed by atoms with Gasteiger partial charge in [0.25, 0.3) is 0 Å². The molecule has 0 heterocycles. The average molecular weight is 335 g/mol. The van der Waals surface area contributed by atoms with E-state index in [2.05, 4.69) is 10.1 Å². The molecule has 1 aromatic carbocycles. The third-order valence-electron chi connectivity index (χ3n) is 6.08. The van der Waals surface area contributed by atoms with Crippen LogP contribution in [-0.2, 0) is 4.79 Å². The molecule has 4 aliphatic carbocycles. The summed E-state index contributed by atoms with van der Waals surface area (Å²) in [6.07, 6.45) is 7.98. The predicted octanol–water partition coefficient (Wildman–Crippen LogP) is 4.83. The summed E-state index contributed by atoms with van der Waals surface area (Å²) >= 11 is 0. The number of nitrogens with one attached hydrogen (secondary N) is 1. The van der Waals surface area contributed by atoms with Crippen molar-refractivity contribution in [3.63, 3.8) is 0 Å². The first-order valence-corrected chi connectivity index (χ1v) is 8.85. The first kappa shape index (κ1) is 15.9. The van der Waals surface area contributed by atoms with Gasteiger partial charge < -0.3 is 10.1 Å². The van der Waals surface area contributed by atoms with Crippen molar-refractivity contribution in [3.05, 3.63) is 24.3 Å². The molecule has 24 heavy (non-hydrogen) atoms. The molecule has 0 atom stereocenters. The molecule has 0 unspecified atom stereocenters. The van der Waals surface area contributed by atoms with Crippen molar-refractivity contribution in [3.8, 4) is 5.75 Å². The average Bonchev–Trinajstić information content (AvgIpc) is 2.46. The molecule has 1 N–H and O–H groups in total. The Labute approximate surface area is 140 Å². The van der Waals surface area contributed by atoms with Gasteiger partial charge in [0.2, 0.25) is 5.91 Å². The summed E-state index contributed by atoms with van der Waals surface area (Å²) in [6.45, 7) is -2.90. The summed E-state index contributed by atoms with van der Waals surface area (Å²) in [4.78, 5) is 12.6. The molecule has 4 fully saturated rings. The smallest absolute Gasteiger partial charge is 0.387 e. The molecule has 0 spiro atoms. The monoisotopic (exact) mass is 335 g/mol. The van der Waals surface area contributed by atoms with E-state index >= 15 is 0 Å². The first-order chi connectivity index (χ1) is 11.5. The molecule has 1 amide bonds. The van der Waals surface area contributed by atoms with Gasteiger partial charge in [-0.2, -0.15) is 8.78 Å². The predicted molar refractivity (Wildman–Crippen MR) is 86.9 cm³/mol. The maximum Gasteiger partial charge on any atom is 0.387 e. The highest BCUT2D eigenvalue weighted by atomic mass is 19.3. The van der Waals surface area contributed by atoms with Gasteiger partial charge in [-0.3, -0.25) is 4.79 Å². The van der Waals surface area contributed by atoms with Gasteiger partial charge in [-0.05, 0) is 73.8 Å². The zero-order chi connectivity index (χ0) is 16.7. The fraction of sp³-hybridized carbons (Fsp3) is 0.632. The van der Waals surface area contributed by atoms with Crippen molar-refractivity contribution >= 4 is 11.6 Å². The number of ether oxygens (including phenoxy) is 1. The molecule has 4 bridgehead atoms. The first-order valence-electron chi connectivity index (χ1n) is 8.85. The van der Waals surface area contributed by atoms with Crippen LogP contribution in [0, 0.1) is 23.2 Å². The van der Waals surface area contributed by atoms with Crippen molar-refractivity contribution in [1.82, 2.24) is 0 Å². The molecular weight excluding hydrogens is 312 g/mol. The Bertz CT molecular complexity index is 596. The number of halogens is 2. The highest BCUT2D eigenvalue weighted by Crippen LogP contribution is 2.61. The molecule has 5 rings (SSSR count). The summed E-state index contributed by atoms with van der Waals surface area (Å²) in [5.74, 6) is 2.31. The molecule has 4 saturated carbocycles. The quantitative estimate of drug-likeness (QED) is 0.837. The lowest BCUT2D eigenvalue weighted by Gasteiger charge is -2.56. The number of benzene rings is 1. The third kappa shape index (κ3) is 3.13. The van der Waals surface area contributed by atoms with Crippen LogP contribution in [-0.4, -0.2) is 12.5 Å².